The number of hydrogen-bond acceptors (Lipinski definition) is 6. The Labute approximate surface area is 170 Å². The van der Waals surface area contributed by atoms with Crippen LogP contribution in [0.25, 0.3) is 0 Å². The molecule has 1 saturated carbocycles. The Kier molecular flexibility index (Phi) is 8.06. The maximum atomic E-state index is 10.6. The van der Waals surface area contributed by atoms with E-state index in [9.17, 15) is 15.0 Å². The molecule has 1 aliphatic heterocycles. The van der Waals surface area contributed by atoms with Gasteiger partial charge in [-0.05, 0) is 30.9 Å². The van der Waals surface area contributed by atoms with Crippen LogP contribution in [0.3, 0.4) is 0 Å². The topological polar surface area (TPSA) is 105 Å². The number of carboxylic acids is 1. The van der Waals surface area contributed by atoms with E-state index in [1.165, 1.54) is 0 Å². The van der Waals surface area contributed by atoms with Crippen LogP contribution in [-0.2, 0) is 14.3 Å². The first-order valence-corrected chi connectivity index (χ1v) is 10.2. The van der Waals surface area contributed by atoms with E-state index in [0.29, 0.717) is 25.4 Å². The molecule has 2 aliphatic rings. The van der Waals surface area contributed by atoms with Gasteiger partial charge in [0.15, 0.2) is 0 Å². The number of fused-ring (bicyclic) bond motifs is 1. The number of rotatable bonds is 9. The first kappa shape index (κ1) is 21.8. The molecule has 1 aromatic carbocycles. The fourth-order valence-corrected chi connectivity index (χ4v) is 4.17. The molecule has 1 saturated heterocycles. The minimum absolute atomic E-state index is 0.0261. The van der Waals surface area contributed by atoms with Crippen LogP contribution in [-0.4, -0.2) is 66.0 Å². The van der Waals surface area contributed by atoms with E-state index in [-0.39, 0.29) is 37.1 Å². The average molecular weight is 406 g/mol. The summed E-state index contributed by atoms with van der Waals surface area (Å²) < 4.78 is 16.8. The quantitative estimate of drug-likeness (QED) is 0.538. The number of benzene rings is 1. The average Bonchev–Trinajstić information content (AvgIpc) is 2.87. The fraction of sp³-hybridized carbons (Fsp3) is 0.591. The van der Waals surface area contributed by atoms with Crippen molar-refractivity contribution in [2.45, 2.75) is 37.6 Å². The molecule has 3 N–H and O–H groups in total. The standard InChI is InChI=1S/C22H30O7/c23-16(13-28-17-4-2-1-3-5-17)7-9-18-19-8-6-15(11-27-14-22(25)26)12-29-21(19)10-20(18)24/h1-5,7,9,15-16,18-21,23-24H,6,8,10-14H2,(H,25,26)/t15-,16-,18-,19-,20-,21+/m1/s1. The van der Waals surface area contributed by atoms with Crippen molar-refractivity contribution in [3.05, 3.63) is 42.5 Å². The van der Waals surface area contributed by atoms with E-state index in [4.69, 9.17) is 19.3 Å². The summed E-state index contributed by atoms with van der Waals surface area (Å²) in [4.78, 5) is 10.6. The van der Waals surface area contributed by atoms with E-state index in [1.54, 1.807) is 6.08 Å². The van der Waals surface area contributed by atoms with Gasteiger partial charge in [-0.2, -0.15) is 0 Å². The zero-order chi connectivity index (χ0) is 20.6. The predicted octanol–water partition coefficient (Wildman–Crippen LogP) is 1.88. The van der Waals surface area contributed by atoms with Crippen LogP contribution in [0.5, 0.6) is 5.75 Å². The summed E-state index contributed by atoms with van der Waals surface area (Å²) in [6.07, 6.45) is 4.59. The predicted molar refractivity (Wildman–Crippen MR) is 106 cm³/mol. The van der Waals surface area contributed by atoms with Crippen LogP contribution in [0.2, 0.25) is 0 Å². The van der Waals surface area contributed by atoms with E-state index < -0.39 is 18.2 Å². The van der Waals surface area contributed by atoms with Crippen molar-refractivity contribution in [3.8, 4) is 5.75 Å². The Bertz CT molecular complexity index is 662. The molecule has 1 aromatic rings. The Morgan fingerprint density at radius 3 is 2.83 bits per heavy atom. The largest absolute Gasteiger partial charge is 0.491 e. The molecule has 0 amide bonds. The van der Waals surface area contributed by atoms with Crippen LogP contribution in [0, 0.1) is 17.8 Å². The van der Waals surface area contributed by atoms with Crippen molar-refractivity contribution in [1.29, 1.82) is 0 Å². The smallest absolute Gasteiger partial charge is 0.329 e. The van der Waals surface area contributed by atoms with Gasteiger partial charge in [0.25, 0.3) is 0 Å². The van der Waals surface area contributed by atoms with E-state index >= 15 is 0 Å². The van der Waals surface area contributed by atoms with Gasteiger partial charge >= 0.3 is 5.97 Å². The number of aliphatic hydroxyl groups is 2. The summed E-state index contributed by atoms with van der Waals surface area (Å²) in [5, 5.41) is 29.3. The highest BCUT2D eigenvalue weighted by atomic mass is 16.5. The van der Waals surface area contributed by atoms with Crippen molar-refractivity contribution >= 4 is 5.97 Å². The van der Waals surface area contributed by atoms with Gasteiger partial charge in [-0.15, -0.1) is 0 Å². The van der Waals surface area contributed by atoms with E-state index in [1.807, 2.05) is 36.4 Å². The van der Waals surface area contributed by atoms with Gasteiger partial charge in [-0.1, -0.05) is 30.4 Å². The van der Waals surface area contributed by atoms with Crippen molar-refractivity contribution < 1.29 is 34.3 Å². The number of aliphatic carboxylic acids is 1. The third-order valence-electron chi connectivity index (χ3n) is 5.64. The zero-order valence-corrected chi connectivity index (χ0v) is 16.4. The first-order valence-electron chi connectivity index (χ1n) is 10.2. The maximum Gasteiger partial charge on any atom is 0.329 e. The van der Waals surface area contributed by atoms with Gasteiger partial charge in [0.1, 0.15) is 25.1 Å². The lowest BCUT2D eigenvalue weighted by Gasteiger charge is -2.21. The molecule has 7 heteroatoms. The van der Waals surface area contributed by atoms with Crippen molar-refractivity contribution in [3.63, 3.8) is 0 Å². The highest BCUT2D eigenvalue weighted by Crippen LogP contribution is 2.41. The molecule has 7 nitrogen and oxygen atoms in total. The van der Waals surface area contributed by atoms with Crippen molar-refractivity contribution in [2.24, 2.45) is 17.8 Å². The number of hydrogen-bond donors (Lipinski definition) is 3. The zero-order valence-electron chi connectivity index (χ0n) is 16.4. The number of aliphatic hydroxyl groups excluding tert-OH is 2. The number of carboxylic acid groups (broad SMARTS) is 1. The second kappa shape index (κ2) is 10.7. The Hall–Kier alpha value is -1.93. The number of ether oxygens (including phenoxy) is 3. The minimum Gasteiger partial charge on any atom is -0.491 e. The summed E-state index contributed by atoms with van der Waals surface area (Å²) >= 11 is 0. The van der Waals surface area contributed by atoms with Crippen LogP contribution in [0.4, 0.5) is 0 Å². The molecule has 29 heavy (non-hydrogen) atoms. The van der Waals surface area contributed by atoms with E-state index in [0.717, 1.165) is 12.8 Å². The van der Waals surface area contributed by atoms with Crippen LogP contribution >= 0.6 is 0 Å². The van der Waals surface area contributed by atoms with Gasteiger partial charge in [0.05, 0.1) is 25.4 Å². The molecular formula is C22H30O7. The second-order valence-corrected chi connectivity index (χ2v) is 7.84. The molecule has 1 heterocycles. The highest BCUT2D eigenvalue weighted by molar-refractivity contribution is 5.67. The summed E-state index contributed by atoms with van der Waals surface area (Å²) in [6.45, 7) is 0.731. The molecule has 160 valence electrons. The monoisotopic (exact) mass is 406 g/mol. The lowest BCUT2D eigenvalue weighted by atomic mass is 9.87. The van der Waals surface area contributed by atoms with Gasteiger partial charge in [-0.25, -0.2) is 4.79 Å². The molecule has 0 bridgehead atoms. The summed E-state index contributed by atoms with van der Waals surface area (Å²) in [5.74, 6) is -0.0154. The van der Waals surface area contributed by atoms with Gasteiger partial charge in [0, 0.05) is 18.3 Å². The van der Waals surface area contributed by atoms with Gasteiger partial charge < -0.3 is 29.5 Å². The van der Waals surface area contributed by atoms with Gasteiger partial charge in [0.2, 0.25) is 0 Å². The highest BCUT2D eigenvalue weighted by Gasteiger charge is 2.43. The molecule has 2 fully saturated rings. The van der Waals surface area contributed by atoms with Crippen molar-refractivity contribution in [2.75, 3.05) is 26.4 Å². The minimum atomic E-state index is -0.973. The lowest BCUT2D eigenvalue weighted by molar-refractivity contribution is -0.143. The second-order valence-electron chi connectivity index (χ2n) is 7.84. The Morgan fingerprint density at radius 1 is 1.28 bits per heavy atom. The Balaban J connectivity index is 1.49. The molecule has 0 aromatic heterocycles. The molecule has 0 unspecified atom stereocenters. The SMILES string of the molecule is O=C(O)COC[C@H]1CC[C@@H]2[C@@H](C=C[C@@H](O)COc3ccccc3)[C@H](O)C[C@@H]2OC1. The van der Waals surface area contributed by atoms with Crippen LogP contribution in [0.1, 0.15) is 19.3 Å². The molecule has 0 radical (unpaired) electrons. The van der Waals surface area contributed by atoms with Gasteiger partial charge in [-0.3, -0.25) is 0 Å². The third kappa shape index (κ3) is 6.54. The Morgan fingerprint density at radius 2 is 2.07 bits per heavy atom. The molecule has 3 rings (SSSR count). The first-order chi connectivity index (χ1) is 14.0. The normalized spacial score (nSPS) is 30.6. The van der Waals surface area contributed by atoms with Crippen molar-refractivity contribution in [1.82, 2.24) is 0 Å². The summed E-state index contributed by atoms with van der Waals surface area (Å²) in [6, 6.07) is 9.32. The summed E-state index contributed by atoms with van der Waals surface area (Å²) in [7, 11) is 0. The third-order valence-corrected chi connectivity index (χ3v) is 5.64. The molecule has 6 atom stereocenters. The molecular weight excluding hydrogens is 376 g/mol. The number of carbonyl (C=O) groups is 1. The number of para-hydroxylation sites is 1. The molecule has 1 aliphatic carbocycles. The van der Waals surface area contributed by atoms with E-state index in [2.05, 4.69) is 0 Å². The lowest BCUT2D eigenvalue weighted by Crippen LogP contribution is -2.22. The maximum absolute atomic E-state index is 10.6. The van der Waals surface area contributed by atoms with Crippen LogP contribution < -0.4 is 4.74 Å². The fourth-order valence-electron chi connectivity index (χ4n) is 4.17. The van der Waals surface area contributed by atoms with Crippen LogP contribution in [0.15, 0.2) is 42.5 Å². The summed E-state index contributed by atoms with van der Waals surface area (Å²) in [5.41, 5.74) is 0. The molecule has 0 spiro atoms.